The minimum absolute atomic E-state index is 0.180. The van der Waals surface area contributed by atoms with Crippen molar-refractivity contribution in [2.75, 3.05) is 26.7 Å². The van der Waals surface area contributed by atoms with Crippen molar-refractivity contribution in [2.24, 2.45) is 0 Å². The SMILES string of the molecule is [B]NCCN(C)CC(C)=O. The van der Waals surface area contributed by atoms with E-state index in [0.29, 0.717) is 13.1 Å². The molecule has 0 saturated heterocycles. The maximum absolute atomic E-state index is 10.5. The number of Topliss-reactive ketones (excluding diaryl/α,β-unsaturated/α-hetero) is 1. The van der Waals surface area contributed by atoms with Crippen LogP contribution >= 0.6 is 0 Å². The Labute approximate surface area is 63.2 Å². The predicted octanol–water partition coefficient (Wildman–Crippen LogP) is -0.820. The van der Waals surface area contributed by atoms with Crippen molar-refractivity contribution in [3.63, 3.8) is 0 Å². The summed E-state index contributed by atoms with van der Waals surface area (Å²) in [4.78, 5) is 12.4. The van der Waals surface area contributed by atoms with Gasteiger partial charge in [0, 0.05) is 6.54 Å². The van der Waals surface area contributed by atoms with Gasteiger partial charge in [-0.2, -0.15) is 0 Å². The Morgan fingerprint density at radius 1 is 1.70 bits per heavy atom. The lowest BCUT2D eigenvalue weighted by atomic mass is 10.3. The Morgan fingerprint density at radius 2 is 2.30 bits per heavy atom. The maximum atomic E-state index is 10.5. The molecular formula is C6H13BN2O. The molecular weight excluding hydrogens is 127 g/mol. The van der Waals surface area contributed by atoms with Gasteiger partial charge in [0.1, 0.15) is 5.78 Å². The van der Waals surface area contributed by atoms with Crippen molar-refractivity contribution in [2.45, 2.75) is 6.92 Å². The van der Waals surface area contributed by atoms with E-state index in [0.717, 1.165) is 6.54 Å². The van der Waals surface area contributed by atoms with Crippen LogP contribution in [0, 0.1) is 0 Å². The van der Waals surface area contributed by atoms with Gasteiger partial charge in [0.2, 0.25) is 0 Å². The standard InChI is InChI=1S/C6H13BN2O/c1-6(10)5-9(2)4-3-8-7/h8H,3-5H2,1-2H3. The fourth-order valence-electron chi connectivity index (χ4n) is 0.715. The zero-order valence-electron chi connectivity index (χ0n) is 6.55. The number of likely N-dealkylation sites (N-methyl/N-ethyl adjacent to an activating group) is 1. The Kier molecular flexibility index (Phi) is 5.25. The van der Waals surface area contributed by atoms with Crippen molar-refractivity contribution < 1.29 is 4.79 Å². The number of ketones is 1. The summed E-state index contributed by atoms with van der Waals surface area (Å²) in [5, 5.41) is 2.52. The number of nitrogens with one attached hydrogen (secondary N) is 1. The van der Waals surface area contributed by atoms with E-state index in [1.807, 2.05) is 11.9 Å². The average molecular weight is 140 g/mol. The van der Waals surface area contributed by atoms with Crippen LogP contribution in [0.3, 0.4) is 0 Å². The zero-order chi connectivity index (χ0) is 7.98. The minimum Gasteiger partial charge on any atom is -0.365 e. The molecule has 2 radical (unpaired) electrons. The number of carbonyl (C=O) groups excluding carboxylic acids is 1. The van der Waals surface area contributed by atoms with Crippen molar-refractivity contribution in [1.29, 1.82) is 0 Å². The molecule has 0 aromatic carbocycles. The highest BCUT2D eigenvalue weighted by molar-refractivity contribution is 6.04. The van der Waals surface area contributed by atoms with Crippen LogP contribution in [0.2, 0.25) is 0 Å². The lowest BCUT2D eigenvalue weighted by Gasteiger charge is -2.13. The molecule has 0 saturated carbocycles. The Bertz CT molecular complexity index is 108. The van der Waals surface area contributed by atoms with Gasteiger partial charge in [-0.05, 0) is 20.5 Å². The van der Waals surface area contributed by atoms with Gasteiger partial charge in [0.25, 0.3) is 0 Å². The molecule has 4 heteroatoms. The van der Waals surface area contributed by atoms with E-state index in [4.69, 9.17) is 7.98 Å². The van der Waals surface area contributed by atoms with Crippen LogP contribution in [-0.4, -0.2) is 45.3 Å². The molecule has 0 atom stereocenters. The molecule has 3 nitrogen and oxygen atoms in total. The lowest BCUT2D eigenvalue weighted by Crippen LogP contribution is -2.31. The van der Waals surface area contributed by atoms with Gasteiger partial charge in [0.15, 0.2) is 7.98 Å². The fraction of sp³-hybridized carbons (Fsp3) is 0.833. The van der Waals surface area contributed by atoms with Crippen molar-refractivity contribution in [1.82, 2.24) is 10.1 Å². The summed E-state index contributed by atoms with van der Waals surface area (Å²) in [6.45, 7) is 3.59. The number of hydrogen-bond donors (Lipinski definition) is 1. The molecule has 0 heterocycles. The van der Waals surface area contributed by atoms with Crippen LogP contribution in [0.4, 0.5) is 0 Å². The molecule has 0 rings (SSSR count). The smallest absolute Gasteiger partial charge is 0.177 e. The monoisotopic (exact) mass is 140 g/mol. The third-order valence-electron chi connectivity index (χ3n) is 1.13. The second-order valence-electron chi connectivity index (χ2n) is 2.39. The van der Waals surface area contributed by atoms with Crippen LogP contribution in [0.1, 0.15) is 6.92 Å². The van der Waals surface area contributed by atoms with Crippen LogP contribution in [-0.2, 0) is 4.79 Å². The Morgan fingerprint density at radius 3 is 2.70 bits per heavy atom. The third kappa shape index (κ3) is 5.79. The van der Waals surface area contributed by atoms with Crippen molar-refractivity contribution in [3.8, 4) is 0 Å². The van der Waals surface area contributed by atoms with Gasteiger partial charge in [-0.3, -0.25) is 9.69 Å². The predicted molar refractivity (Wildman–Crippen MR) is 41.9 cm³/mol. The third-order valence-corrected chi connectivity index (χ3v) is 1.13. The second kappa shape index (κ2) is 5.44. The Balaban J connectivity index is 3.25. The summed E-state index contributed by atoms with van der Waals surface area (Å²) >= 11 is 0. The zero-order valence-corrected chi connectivity index (χ0v) is 6.55. The summed E-state index contributed by atoms with van der Waals surface area (Å²) in [7, 11) is 6.93. The van der Waals surface area contributed by atoms with Gasteiger partial charge >= 0.3 is 0 Å². The highest BCUT2D eigenvalue weighted by Crippen LogP contribution is 1.80. The summed E-state index contributed by atoms with van der Waals surface area (Å²) in [5.74, 6) is 0.180. The molecule has 56 valence electrons. The maximum Gasteiger partial charge on any atom is 0.177 e. The summed E-state index contributed by atoms with van der Waals surface area (Å²) in [6.07, 6.45) is 0. The molecule has 0 aliphatic heterocycles. The van der Waals surface area contributed by atoms with E-state index >= 15 is 0 Å². The average Bonchev–Trinajstić information content (AvgIpc) is 1.82. The molecule has 0 aliphatic rings. The molecule has 0 aromatic rings. The first kappa shape index (κ1) is 9.65. The minimum atomic E-state index is 0.180. The van der Waals surface area contributed by atoms with Gasteiger partial charge in [0.05, 0.1) is 6.54 Å². The van der Waals surface area contributed by atoms with Crippen molar-refractivity contribution in [3.05, 3.63) is 0 Å². The number of rotatable bonds is 5. The summed E-state index contributed by atoms with van der Waals surface area (Å²) in [5.41, 5.74) is 0. The molecule has 0 unspecified atom stereocenters. The van der Waals surface area contributed by atoms with Crippen LogP contribution in [0.25, 0.3) is 0 Å². The first-order chi connectivity index (χ1) is 4.66. The second-order valence-corrected chi connectivity index (χ2v) is 2.39. The molecule has 0 aromatic heterocycles. The molecule has 0 aliphatic carbocycles. The first-order valence-electron chi connectivity index (χ1n) is 3.28. The van der Waals surface area contributed by atoms with E-state index < -0.39 is 0 Å². The molecule has 0 bridgehead atoms. The van der Waals surface area contributed by atoms with Gasteiger partial charge in [-0.15, -0.1) is 0 Å². The van der Waals surface area contributed by atoms with E-state index in [1.165, 1.54) is 0 Å². The van der Waals surface area contributed by atoms with Gasteiger partial charge in [-0.1, -0.05) is 0 Å². The van der Waals surface area contributed by atoms with Gasteiger partial charge < -0.3 is 5.23 Å². The first-order valence-corrected chi connectivity index (χ1v) is 3.28. The largest absolute Gasteiger partial charge is 0.365 e. The van der Waals surface area contributed by atoms with E-state index in [2.05, 4.69) is 5.23 Å². The fourth-order valence-corrected chi connectivity index (χ4v) is 0.715. The van der Waals surface area contributed by atoms with Gasteiger partial charge in [-0.25, -0.2) is 0 Å². The highest BCUT2D eigenvalue weighted by Gasteiger charge is 1.98. The van der Waals surface area contributed by atoms with Crippen LogP contribution < -0.4 is 5.23 Å². The summed E-state index contributed by atoms with van der Waals surface area (Å²) < 4.78 is 0. The van der Waals surface area contributed by atoms with Crippen LogP contribution in [0.5, 0.6) is 0 Å². The van der Waals surface area contributed by atoms with E-state index in [-0.39, 0.29) is 5.78 Å². The number of nitrogens with zero attached hydrogens (tertiary/aromatic N) is 1. The molecule has 10 heavy (non-hydrogen) atoms. The van der Waals surface area contributed by atoms with Crippen LogP contribution in [0.15, 0.2) is 0 Å². The quantitative estimate of drug-likeness (QED) is 0.506. The van der Waals surface area contributed by atoms with E-state index in [9.17, 15) is 4.79 Å². The Hall–Kier alpha value is -0.345. The molecule has 1 N–H and O–H groups in total. The number of hydrogen-bond acceptors (Lipinski definition) is 3. The number of carbonyl (C=O) groups is 1. The molecule has 0 amide bonds. The molecule has 0 fully saturated rings. The van der Waals surface area contributed by atoms with E-state index in [1.54, 1.807) is 6.92 Å². The van der Waals surface area contributed by atoms with Crippen molar-refractivity contribution >= 4 is 13.8 Å². The normalized spacial score (nSPS) is 10.3. The summed E-state index contributed by atoms with van der Waals surface area (Å²) in [6, 6.07) is 0. The highest BCUT2D eigenvalue weighted by atomic mass is 16.1. The molecule has 0 spiro atoms. The lowest BCUT2D eigenvalue weighted by molar-refractivity contribution is -0.117. The topological polar surface area (TPSA) is 32.3 Å².